The Balaban J connectivity index is 0.00000220. The molecule has 2 rings (SSSR count). The highest BCUT2D eigenvalue weighted by Crippen LogP contribution is 2.22. The van der Waals surface area contributed by atoms with Gasteiger partial charge >= 0.3 is 0 Å². The Morgan fingerprint density at radius 2 is 2.10 bits per heavy atom. The summed E-state index contributed by atoms with van der Waals surface area (Å²) in [5.41, 5.74) is 5.42. The molecular formula is C14H26ClN5O. The predicted molar refractivity (Wildman–Crippen MR) is 84.1 cm³/mol. The van der Waals surface area contributed by atoms with Gasteiger partial charge in [-0.2, -0.15) is 0 Å². The van der Waals surface area contributed by atoms with Crippen molar-refractivity contribution in [3.63, 3.8) is 0 Å². The van der Waals surface area contributed by atoms with Crippen LogP contribution in [0.25, 0.3) is 0 Å². The fourth-order valence-corrected chi connectivity index (χ4v) is 2.90. The number of nitrogens with two attached hydrogens (primary N) is 1. The van der Waals surface area contributed by atoms with Crippen LogP contribution in [0.4, 0.5) is 0 Å². The number of likely N-dealkylation sites (tertiary alicyclic amines) is 1. The second-order valence-corrected chi connectivity index (χ2v) is 6.03. The van der Waals surface area contributed by atoms with Gasteiger partial charge < -0.3 is 10.6 Å². The van der Waals surface area contributed by atoms with Crippen molar-refractivity contribution in [1.82, 2.24) is 19.9 Å². The molecule has 0 spiro atoms. The third-order valence-corrected chi connectivity index (χ3v) is 4.08. The standard InChI is InChI=1S/C14H25N5O.ClH/c1-3-6-14(2,15)13(20)18-8-4-12(5-9-18)11-19-10-7-16-17-19;/h7,10,12H,3-6,8-9,11,15H2,1-2H3;1H. The van der Waals surface area contributed by atoms with E-state index in [1.54, 1.807) is 6.20 Å². The molecule has 1 aromatic rings. The first-order chi connectivity index (χ1) is 9.53. The molecule has 1 fully saturated rings. The smallest absolute Gasteiger partial charge is 0.242 e. The molecular weight excluding hydrogens is 290 g/mol. The molecule has 7 heteroatoms. The van der Waals surface area contributed by atoms with E-state index >= 15 is 0 Å². The number of rotatable bonds is 5. The molecule has 1 atom stereocenters. The number of halogens is 1. The Bertz CT molecular complexity index is 427. The Kier molecular flexibility index (Phi) is 6.61. The lowest BCUT2D eigenvalue weighted by molar-refractivity contribution is -0.138. The van der Waals surface area contributed by atoms with Crippen molar-refractivity contribution in [3.05, 3.63) is 12.4 Å². The van der Waals surface area contributed by atoms with Gasteiger partial charge in [-0.3, -0.25) is 9.48 Å². The van der Waals surface area contributed by atoms with Gasteiger partial charge in [-0.15, -0.1) is 17.5 Å². The summed E-state index contributed by atoms with van der Waals surface area (Å²) in [6, 6.07) is 0. The van der Waals surface area contributed by atoms with E-state index in [9.17, 15) is 4.79 Å². The number of nitrogens with zero attached hydrogens (tertiary/aromatic N) is 4. The summed E-state index contributed by atoms with van der Waals surface area (Å²) in [6.45, 7) is 6.39. The number of aromatic nitrogens is 3. The zero-order valence-electron chi connectivity index (χ0n) is 12.9. The van der Waals surface area contributed by atoms with Gasteiger partial charge in [-0.05, 0) is 32.1 Å². The summed E-state index contributed by atoms with van der Waals surface area (Å²) in [6.07, 6.45) is 7.27. The van der Waals surface area contributed by atoms with E-state index in [0.717, 1.165) is 45.3 Å². The molecule has 6 nitrogen and oxygen atoms in total. The lowest BCUT2D eigenvalue weighted by atomic mass is 9.92. The average molecular weight is 316 g/mol. The first-order valence-electron chi connectivity index (χ1n) is 7.45. The molecule has 2 N–H and O–H groups in total. The molecule has 0 radical (unpaired) electrons. The minimum atomic E-state index is -0.715. The number of piperidine rings is 1. The minimum absolute atomic E-state index is 0. The molecule has 2 heterocycles. The number of hydrogen-bond acceptors (Lipinski definition) is 4. The summed E-state index contributed by atoms with van der Waals surface area (Å²) in [7, 11) is 0. The highest BCUT2D eigenvalue weighted by molar-refractivity contribution is 5.86. The third kappa shape index (κ3) is 4.68. The van der Waals surface area contributed by atoms with E-state index in [1.165, 1.54) is 0 Å². The van der Waals surface area contributed by atoms with E-state index < -0.39 is 5.54 Å². The van der Waals surface area contributed by atoms with Crippen LogP contribution in [0.1, 0.15) is 39.5 Å². The molecule has 1 aliphatic heterocycles. The number of carbonyl (C=O) groups is 1. The lowest BCUT2D eigenvalue weighted by Gasteiger charge is -2.36. The molecule has 1 aromatic heterocycles. The third-order valence-electron chi connectivity index (χ3n) is 4.08. The highest BCUT2D eigenvalue weighted by atomic mass is 35.5. The quantitative estimate of drug-likeness (QED) is 0.892. The number of carbonyl (C=O) groups excluding carboxylic acids is 1. The second kappa shape index (κ2) is 7.75. The summed E-state index contributed by atoms with van der Waals surface area (Å²) < 4.78 is 1.87. The van der Waals surface area contributed by atoms with Gasteiger partial charge in [0.2, 0.25) is 5.91 Å². The highest BCUT2D eigenvalue weighted by Gasteiger charge is 2.33. The molecule has 0 saturated carbocycles. The van der Waals surface area contributed by atoms with Crippen molar-refractivity contribution < 1.29 is 4.79 Å². The fourth-order valence-electron chi connectivity index (χ4n) is 2.90. The van der Waals surface area contributed by atoms with Crippen LogP contribution < -0.4 is 5.73 Å². The van der Waals surface area contributed by atoms with Gasteiger partial charge in [0.1, 0.15) is 0 Å². The topological polar surface area (TPSA) is 77.0 Å². The number of hydrogen-bond donors (Lipinski definition) is 1. The van der Waals surface area contributed by atoms with E-state index in [4.69, 9.17) is 5.73 Å². The van der Waals surface area contributed by atoms with Gasteiger partial charge in [-0.1, -0.05) is 18.6 Å². The van der Waals surface area contributed by atoms with Gasteiger partial charge in [0.15, 0.2) is 0 Å². The Morgan fingerprint density at radius 3 is 2.62 bits per heavy atom. The molecule has 1 saturated heterocycles. The molecule has 0 aromatic carbocycles. The van der Waals surface area contributed by atoms with Crippen LogP contribution in [0, 0.1) is 5.92 Å². The van der Waals surface area contributed by atoms with Crippen LogP contribution in [-0.4, -0.2) is 44.4 Å². The monoisotopic (exact) mass is 315 g/mol. The fraction of sp³-hybridized carbons (Fsp3) is 0.786. The second-order valence-electron chi connectivity index (χ2n) is 6.03. The maximum Gasteiger partial charge on any atom is 0.242 e. The molecule has 1 aliphatic rings. The van der Waals surface area contributed by atoms with E-state index in [1.807, 2.05) is 22.7 Å². The van der Waals surface area contributed by atoms with Gasteiger partial charge in [0, 0.05) is 25.8 Å². The van der Waals surface area contributed by atoms with Crippen molar-refractivity contribution >= 4 is 18.3 Å². The van der Waals surface area contributed by atoms with Crippen LogP contribution in [-0.2, 0) is 11.3 Å². The predicted octanol–water partition coefficient (Wildman–Crippen LogP) is 1.46. The number of amides is 1. The van der Waals surface area contributed by atoms with Crippen molar-refractivity contribution in [2.75, 3.05) is 13.1 Å². The van der Waals surface area contributed by atoms with E-state index in [0.29, 0.717) is 5.92 Å². The SMILES string of the molecule is CCCC(C)(N)C(=O)N1CCC(Cn2ccnn2)CC1.Cl. The maximum atomic E-state index is 12.4. The van der Waals surface area contributed by atoms with Crippen molar-refractivity contribution in [2.45, 2.75) is 51.6 Å². The minimum Gasteiger partial charge on any atom is -0.341 e. The van der Waals surface area contributed by atoms with Crippen molar-refractivity contribution in [1.29, 1.82) is 0 Å². The molecule has 21 heavy (non-hydrogen) atoms. The average Bonchev–Trinajstić information content (AvgIpc) is 2.91. The summed E-state index contributed by atoms with van der Waals surface area (Å²) in [5, 5.41) is 7.81. The molecule has 1 unspecified atom stereocenters. The first-order valence-corrected chi connectivity index (χ1v) is 7.45. The largest absolute Gasteiger partial charge is 0.341 e. The van der Waals surface area contributed by atoms with Crippen LogP contribution >= 0.6 is 12.4 Å². The van der Waals surface area contributed by atoms with E-state index in [-0.39, 0.29) is 18.3 Å². The van der Waals surface area contributed by atoms with Crippen molar-refractivity contribution in [3.8, 4) is 0 Å². The molecule has 1 amide bonds. The lowest BCUT2D eigenvalue weighted by Crippen LogP contribution is -2.55. The zero-order valence-corrected chi connectivity index (χ0v) is 13.7. The van der Waals surface area contributed by atoms with Crippen LogP contribution in [0.2, 0.25) is 0 Å². The Morgan fingerprint density at radius 1 is 1.43 bits per heavy atom. The van der Waals surface area contributed by atoms with Gasteiger partial charge in [-0.25, -0.2) is 0 Å². The van der Waals surface area contributed by atoms with Gasteiger partial charge in [0.25, 0.3) is 0 Å². The molecule has 120 valence electrons. The summed E-state index contributed by atoms with van der Waals surface area (Å²) in [5.74, 6) is 0.662. The van der Waals surface area contributed by atoms with Gasteiger partial charge in [0.05, 0.1) is 11.7 Å². The van der Waals surface area contributed by atoms with Crippen molar-refractivity contribution in [2.24, 2.45) is 11.7 Å². The summed E-state index contributed by atoms with van der Waals surface area (Å²) >= 11 is 0. The Labute approximate surface area is 132 Å². The van der Waals surface area contributed by atoms with Crippen LogP contribution in [0.5, 0.6) is 0 Å². The molecule has 0 bridgehead atoms. The van der Waals surface area contributed by atoms with Crippen LogP contribution in [0.15, 0.2) is 12.4 Å². The maximum absolute atomic E-state index is 12.4. The zero-order chi connectivity index (χ0) is 14.6. The molecule has 0 aliphatic carbocycles. The van der Waals surface area contributed by atoms with Crippen LogP contribution in [0.3, 0.4) is 0 Å². The normalized spacial score (nSPS) is 18.9. The van der Waals surface area contributed by atoms with E-state index in [2.05, 4.69) is 17.2 Å². The summed E-state index contributed by atoms with van der Waals surface area (Å²) in [4.78, 5) is 14.3. The first kappa shape index (κ1) is 17.9. The Hall–Kier alpha value is -1.14.